The molecule has 0 unspecified atom stereocenters. The number of aryl methyl sites for hydroxylation is 1. The Balaban J connectivity index is 1.98. The molecule has 0 bridgehead atoms. The average Bonchev–Trinajstić information content (AvgIpc) is 2.87. The van der Waals surface area contributed by atoms with Crippen LogP contribution >= 0.6 is 0 Å². The summed E-state index contributed by atoms with van der Waals surface area (Å²) in [5, 5.41) is 3.43. The predicted octanol–water partition coefficient (Wildman–Crippen LogP) is 2.47. The summed E-state index contributed by atoms with van der Waals surface area (Å²) in [4.78, 5) is 4.28. The number of nitrogens with zero attached hydrogens (tertiary/aromatic N) is 2. The molecule has 1 aromatic carbocycles. The first-order valence-electron chi connectivity index (χ1n) is 6.72. The van der Waals surface area contributed by atoms with Crippen molar-refractivity contribution in [2.24, 2.45) is 0 Å². The second kappa shape index (κ2) is 4.94. The Morgan fingerprint density at radius 3 is 3.17 bits per heavy atom. The van der Waals surface area contributed by atoms with Crippen molar-refractivity contribution >= 4 is 0 Å². The van der Waals surface area contributed by atoms with E-state index in [2.05, 4.69) is 40.0 Å². The summed E-state index contributed by atoms with van der Waals surface area (Å²) in [6.07, 6.45) is 7.26. The van der Waals surface area contributed by atoms with Gasteiger partial charge in [-0.25, -0.2) is 4.98 Å². The molecular weight excluding hydrogens is 222 g/mol. The summed E-state index contributed by atoms with van der Waals surface area (Å²) in [6.45, 7) is 4.29. The van der Waals surface area contributed by atoms with Gasteiger partial charge in [0.2, 0.25) is 0 Å². The highest BCUT2D eigenvalue weighted by molar-refractivity contribution is 5.42. The van der Waals surface area contributed by atoms with Crippen LogP contribution in [-0.4, -0.2) is 16.1 Å². The summed E-state index contributed by atoms with van der Waals surface area (Å²) in [7, 11) is 0. The molecule has 2 heterocycles. The Morgan fingerprint density at radius 2 is 2.28 bits per heavy atom. The van der Waals surface area contributed by atoms with Crippen LogP contribution < -0.4 is 5.32 Å². The van der Waals surface area contributed by atoms with E-state index in [4.69, 9.17) is 0 Å². The molecule has 3 rings (SSSR count). The van der Waals surface area contributed by atoms with Crippen molar-refractivity contribution in [2.75, 3.05) is 6.54 Å². The third-order valence-electron chi connectivity index (χ3n) is 3.58. The molecule has 3 heteroatoms. The first-order chi connectivity index (χ1) is 8.88. The van der Waals surface area contributed by atoms with E-state index in [1.54, 1.807) is 0 Å². The molecule has 0 atom stereocenters. The fourth-order valence-corrected chi connectivity index (χ4v) is 2.61. The maximum absolute atomic E-state index is 4.28. The molecule has 0 saturated carbocycles. The average molecular weight is 241 g/mol. The summed E-state index contributed by atoms with van der Waals surface area (Å²) >= 11 is 0. The molecule has 2 aromatic rings. The zero-order valence-corrected chi connectivity index (χ0v) is 10.8. The second-order valence-electron chi connectivity index (χ2n) is 4.88. The molecule has 1 aliphatic heterocycles. The van der Waals surface area contributed by atoms with E-state index in [9.17, 15) is 0 Å². The Labute approximate surface area is 108 Å². The first kappa shape index (κ1) is 11.5. The number of hydrogen-bond acceptors (Lipinski definition) is 2. The van der Waals surface area contributed by atoms with Crippen LogP contribution in [0.5, 0.6) is 0 Å². The van der Waals surface area contributed by atoms with Gasteiger partial charge in [-0.1, -0.05) is 19.4 Å². The molecule has 0 aliphatic carbocycles. The normalized spacial score (nSPS) is 14.5. The van der Waals surface area contributed by atoms with Gasteiger partial charge in [-0.3, -0.25) is 0 Å². The molecule has 0 saturated heterocycles. The number of benzene rings is 1. The van der Waals surface area contributed by atoms with Gasteiger partial charge in [0.1, 0.15) is 0 Å². The number of nitrogens with one attached hydrogen (secondary N) is 1. The molecule has 0 spiro atoms. The Hall–Kier alpha value is -1.61. The van der Waals surface area contributed by atoms with E-state index in [0.717, 1.165) is 32.4 Å². The number of fused-ring (bicyclic) bond motifs is 1. The summed E-state index contributed by atoms with van der Waals surface area (Å²) in [5.74, 6) is 0. The smallest absolute Gasteiger partial charge is 0.0994 e. The third-order valence-corrected chi connectivity index (χ3v) is 3.58. The van der Waals surface area contributed by atoms with Gasteiger partial charge in [0.25, 0.3) is 0 Å². The highest BCUT2D eigenvalue weighted by atomic mass is 15.0. The Bertz CT molecular complexity index is 542. The van der Waals surface area contributed by atoms with Gasteiger partial charge in [-0.2, -0.15) is 0 Å². The Kier molecular flexibility index (Phi) is 3.15. The lowest BCUT2D eigenvalue weighted by Crippen LogP contribution is -2.23. The molecule has 0 amide bonds. The van der Waals surface area contributed by atoms with Gasteiger partial charge < -0.3 is 9.88 Å². The monoisotopic (exact) mass is 241 g/mol. The largest absolute Gasteiger partial charge is 0.312 e. The van der Waals surface area contributed by atoms with Gasteiger partial charge in [0.15, 0.2) is 0 Å². The van der Waals surface area contributed by atoms with Crippen molar-refractivity contribution in [2.45, 2.75) is 32.7 Å². The van der Waals surface area contributed by atoms with Crippen molar-refractivity contribution < 1.29 is 0 Å². The van der Waals surface area contributed by atoms with Crippen LogP contribution in [0.3, 0.4) is 0 Å². The van der Waals surface area contributed by atoms with Crippen LogP contribution in [0.4, 0.5) is 0 Å². The fourth-order valence-electron chi connectivity index (χ4n) is 2.61. The zero-order valence-electron chi connectivity index (χ0n) is 10.8. The van der Waals surface area contributed by atoms with Crippen LogP contribution in [0.15, 0.2) is 30.7 Å². The molecule has 0 radical (unpaired) electrons. The number of aromatic nitrogens is 2. The van der Waals surface area contributed by atoms with Crippen LogP contribution in [0.25, 0.3) is 5.69 Å². The van der Waals surface area contributed by atoms with E-state index in [0.29, 0.717) is 0 Å². The molecule has 0 fully saturated rings. The molecule has 1 aromatic heterocycles. The van der Waals surface area contributed by atoms with E-state index < -0.39 is 0 Å². The predicted molar refractivity (Wildman–Crippen MR) is 73.0 cm³/mol. The van der Waals surface area contributed by atoms with Crippen molar-refractivity contribution in [3.8, 4) is 5.69 Å². The van der Waals surface area contributed by atoms with Crippen molar-refractivity contribution in [1.82, 2.24) is 14.9 Å². The van der Waals surface area contributed by atoms with E-state index in [-0.39, 0.29) is 0 Å². The summed E-state index contributed by atoms with van der Waals surface area (Å²) < 4.78 is 2.21. The maximum Gasteiger partial charge on any atom is 0.0994 e. The lowest BCUT2D eigenvalue weighted by molar-refractivity contribution is 0.643. The number of rotatable bonds is 3. The van der Waals surface area contributed by atoms with Crippen molar-refractivity contribution in [3.05, 3.63) is 47.5 Å². The third kappa shape index (κ3) is 2.06. The van der Waals surface area contributed by atoms with Gasteiger partial charge in [-0.05, 0) is 42.6 Å². The molecule has 1 aliphatic rings. The zero-order chi connectivity index (χ0) is 12.4. The topological polar surface area (TPSA) is 29.9 Å². The number of imidazole rings is 1. The van der Waals surface area contributed by atoms with Gasteiger partial charge in [0, 0.05) is 24.1 Å². The minimum absolute atomic E-state index is 0.987. The van der Waals surface area contributed by atoms with Gasteiger partial charge >= 0.3 is 0 Å². The SMILES string of the molecule is CCCc1cncn1-c1ccc2c(c1)CNCC2. The van der Waals surface area contributed by atoms with Crippen LogP contribution in [0.1, 0.15) is 30.2 Å². The molecule has 3 nitrogen and oxygen atoms in total. The van der Waals surface area contributed by atoms with E-state index in [1.807, 2.05) is 12.5 Å². The summed E-state index contributed by atoms with van der Waals surface area (Å²) in [5.41, 5.74) is 5.43. The lowest BCUT2D eigenvalue weighted by atomic mass is 10.0. The van der Waals surface area contributed by atoms with E-state index in [1.165, 1.54) is 22.5 Å². The van der Waals surface area contributed by atoms with Crippen LogP contribution in [0, 0.1) is 0 Å². The van der Waals surface area contributed by atoms with Crippen LogP contribution in [-0.2, 0) is 19.4 Å². The van der Waals surface area contributed by atoms with Gasteiger partial charge in [0.05, 0.1) is 6.33 Å². The quantitative estimate of drug-likeness (QED) is 0.894. The molecule has 94 valence electrons. The van der Waals surface area contributed by atoms with Crippen molar-refractivity contribution in [1.29, 1.82) is 0 Å². The maximum atomic E-state index is 4.28. The van der Waals surface area contributed by atoms with E-state index >= 15 is 0 Å². The molecule has 1 N–H and O–H groups in total. The highest BCUT2D eigenvalue weighted by Crippen LogP contribution is 2.20. The first-order valence-corrected chi connectivity index (χ1v) is 6.72. The summed E-state index contributed by atoms with van der Waals surface area (Å²) in [6, 6.07) is 6.77. The number of hydrogen-bond donors (Lipinski definition) is 1. The molecule has 18 heavy (non-hydrogen) atoms. The van der Waals surface area contributed by atoms with Crippen LogP contribution in [0.2, 0.25) is 0 Å². The fraction of sp³-hybridized carbons (Fsp3) is 0.400. The van der Waals surface area contributed by atoms with Crippen molar-refractivity contribution in [3.63, 3.8) is 0 Å². The Morgan fingerprint density at radius 1 is 1.33 bits per heavy atom. The highest BCUT2D eigenvalue weighted by Gasteiger charge is 2.10. The van der Waals surface area contributed by atoms with Gasteiger partial charge in [-0.15, -0.1) is 0 Å². The standard InChI is InChI=1S/C15H19N3/c1-2-3-15-10-17-11-18(15)14-5-4-12-6-7-16-9-13(12)8-14/h4-5,8,10-11,16H,2-3,6-7,9H2,1H3. The minimum Gasteiger partial charge on any atom is -0.312 e. The lowest BCUT2D eigenvalue weighted by Gasteiger charge is -2.18. The molecular formula is C15H19N3. The second-order valence-corrected chi connectivity index (χ2v) is 4.88. The minimum atomic E-state index is 0.987.